The van der Waals surface area contributed by atoms with Crippen LogP contribution >= 0.6 is 0 Å². The Balaban J connectivity index is 1.86. The average Bonchev–Trinajstić information content (AvgIpc) is 2.52. The fourth-order valence-electron chi connectivity index (χ4n) is 3.25. The Morgan fingerprint density at radius 1 is 1.18 bits per heavy atom. The number of carbonyl (C=O) groups is 1. The fraction of sp³-hybridized carbons (Fsp3) is 0.632. The van der Waals surface area contributed by atoms with Crippen LogP contribution in [0.25, 0.3) is 0 Å². The number of hydrogen-bond acceptors (Lipinski definition) is 3. The molecule has 1 aromatic carbocycles. The number of ketones is 1. The first kappa shape index (κ1) is 17.0. The normalized spacial score (nSPS) is 22.5. The minimum atomic E-state index is 0.229. The lowest BCUT2D eigenvalue weighted by atomic mass is 9.96. The van der Waals surface area contributed by atoms with Gasteiger partial charge in [0.25, 0.3) is 0 Å². The quantitative estimate of drug-likeness (QED) is 0.703. The lowest BCUT2D eigenvalue weighted by Gasteiger charge is -2.38. The highest BCUT2D eigenvalue weighted by Crippen LogP contribution is 2.23. The number of rotatable bonds is 7. The number of piperidine rings is 1. The molecule has 1 aliphatic heterocycles. The van der Waals surface area contributed by atoms with E-state index in [-0.39, 0.29) is 5.78 Å². The molecule has 0 amide bonds. The van der Waals surface area contributed by atoms with E-state index >= 15 is 0 Å². The van der Waals surface area contributed by atoms with Gasteiger partial charge in [-0.1, -0.05) is 13.3 Å². The van der Waals surface area contributed by atoms with Gasteiger partial charge in [-0.15, -0.1) is 0 Å². The van der Waals surface area contributed by atoms with Crippen LogP contribution in [0, 0.1) is 0 Å². The van der Waals surface area contributed by atoms with Crippen molar-refractivity contribution in [3.8, 4) is 5.75 Å². The van der Waals surface area contributed by atoms with Gasteiger partial charge in [-0.3, -0.25) is 9.69 Å². The molecule has 2 atom stereocenters. The van der Waals surface area contributed by atoms with Crippen molar-refractivity contribution in [3.05, 3.63) is 29.8 Å². The molecule has 1 saturated heterocycles. The van der Waals surface area contributed by atoms with Gasteiger partial charge in [-0.05, 0) is 57.4 Å². The molecule has 3 heteroatoms. The van der Waals surface area contributed by atoms with Gasteiger partial charge in [0.05, 0.1) is 6.61 Å². The van der Waals surface area contributed by atoms with Crippen LogP contribution in [0.2, 0.25) is 0 Å². The highest BCUT2D eigenvalue weighted by atomic mass is 16.5. The molecule has 0 bridgehead atoms. The predicted molar refractivity (Wildman–Crippen MR) is 90.7 cm³/mol. The molecule has 1 aromatic rings. The molecule has 2 unspecified atom stereocenters. The van der Waals surface area contributed by atoms with E-state index in [0.29, 0.717) is 18.5 Å². The third-order valence-electron chi connectivity index (χ3n) is 4.62. The Labute approximate surface area is 134 Å². The van der Waals surface area contributed by atoms with Gasteiger partial charge in [0.15, 0.2) is 5.78 Å². The molecule has 1 aliphatic rings. The van der Waals surface area contributed by atoms with E-state index in [1.165, 1.54) is 19.3 Å². The van der Waals surface area contributed by atoms with E-state index in [9.17, 15) is 4.79 Å². The van der Waals surface area contributed by atoms with Crippen molar-refractivity contribution in [2.75, 3.05) is 13.2 Å². The zero-order valence-corrected chi connectivity index (χ0v) is 14.2. The molecule has 0 saturated carbocycles. The van der Waals surface area contributed by atoms with Crippen LogP contribution in [0.1, 0.15) is 63.2 Å². The van der Waals surface area contributed by atoms with Crippen LogP contribution < -0.4 is 4.74 Å². The van der Waals surface area contributed by atoms with Crippen molar-refractivity contribution >= 4 is 5.78 Å². The summed E-state index contributed by atoms with van der Waals surface area (Å²) in [6, 6.07) is 8.76. The lowest BCUT2D eigenvalue weighted by Crippen LogP contribution is -2.44. The van der Waals surface area contributed by atoms with Gasteiger partial charge in [-0.2, -0.15) is 0 Å². The van der Waals surface area contributed by atoms with E-state index < -0.39 is 0 Å². The summed E-state index contributed by atoms with van der Waals surface area (Å²) in [7, 11) is 0. The predicted octanol–water partition coefficient (Wildman–Crippen LogP) is 4.31. The van der Waals surface area contributed by atoms with Crippen LogP contribution in [0.3, 0.4) is 0 Å². The standard InChI is InChI=1S/C19H29NO2/c1-4-14-22-18-10-8-17(9-11-18)19(21)12-13-20-15(2)6-5-7-16(20)3/h8-11,15-16H,4-7,12-14H2,1-3H3. The molecule has 122 valence electrons. The van der Waals surface area contributed by atoms with Crippen molar-refractivity contribution in [1.29, 1.82) is 0 Å². The number of hydrogen-bond donors (Lipinski definition) is 0. The molecular weight excluding hydrogens is 274 g/mol. The first-order valence-electron chi connectivity index (χ1n) is 8.63. The Hall–Kier alpha value is -1.35. The smallest absolute Gasteiger partial charge is 0.164 e. The average molecular weight is 303 g/mol. The SMILES string of the molecule is CCCOc1ccc(C(=O)CCN2C(C)CCCC2C)cc1. The van der Waals surface area contributed by atoms with Gasteiger partial charge in [0.1, 0.15) is 5.75 Å². The van der Waals surface area contributed by atoms with Crippen molar-refractivity contribution in [2.24, 2.45) is 0 Å². The Morgan fingerprint density at radius 2 is 1.82 bits per heavy atom. The van der Waals surface area contributed by atoms with E-state index in [1.807, 2.05) is 24.3 Å². The van der Waals surface area contributed by atoms with Crippen molar-refractivity contribution in [1.82, 2.24) is 4.90 Å². The monoisotopic (exact) mass is 303 g/mol. The molecule has 0 radical (unpaired) electrons. The molecule has 1 heterocycles. The zero-order chi connectivity index (χ0) is 15.9. The van der Waals surface area contributed by atoms with Gasteiger partial charge in [-0.25, -0.2) is 0 Å². The number of nitrogens with zero attached hydrogens (tertiary/aromatic N) is 1. The zero-order valence-electron chi connectivity index (χ0n) is 14.2. The van der Waals surface area contributed by atoms with Crippen LogP contribution in [-0.2, 0) is 0 Å². The van der Waals surface area contributed by atoms with Gasteiger partial charge < -0.3 is 4.74 Å². The molecule has 2 rings (SSSR count). The maximum absolute atomic E-state index is 12.4. The first-order valence-corrected chi connectivity index (χ1v) is 8.63. The summed E-state index contributed by atoms with van der Waals surface area (Å²) < 4.78 is 5.55. The lowest BCUT2D eigenvalue weighted by molar-refractivity contribution is 0.0839. The van der Waals surface area contributed by atoms with Crippen molar-refractivity contribution in [2.45, 2.75) is 65.0 Å². The summed E-state index contributed by atoms with van der Waals surface area (Å²) in [6.45, 7) is 8.23. The fourth-order valence-corrected chi connectivity index (χ4v) is 3.25. The number of likely N-dealkylation sites (tertiary alicyclic amines) is 1. The minimum Gasteiger partial charge on any atom is -0.494 e. The van der Waals surface area contributed by atoms with Crippen molar-refractivity contribution in [3.63, 3.8) is 0 Å². The molecule has 3 nitrogen and oxygen atoms in total. The number of benzene rings is 1. The topological polar surface area (TPSA) is 29.5 Å². The van der Waals surface area contributed by atoms with E-state index in [0.717, 1.165) is 30.9 Å². The summed E-state index contributed by atoms with van der Waals surface area (Å²) in [5.74, 6) is 1.07. The molecule has 0 N–H and O–H groups in total. The minimum absolute atomic E-state index is 0.229. The molecular formula is C19H29NO2. The van der Waals surface area contributed by atoms with E-state index in [1.54, 1.807) is 0 Å². The molecule has 0 aromatic heterocycles. The maximum Gasteiger partial charge on any atom is 0.164 e. The summed E-state index contributed by atoms with van der Waals surface area (Å²) >= 11 is 0. The summed E-state index contributed by atoms with van der Waals surface area (Å²) in [5, 5.41) is 0. The van der Waals surface area contributed by atoms with E-state index in [4.69, 9.17) is 4.74 Å². The van der Waals surface area contributed by atoms with Gasteiger partial charge >= 0.3 is 0 Å². The Kier molecular flexibility index (Phi) is 6.44. The molecule has 22 heavy (non-hydrogen) atoms. The van der Waals surface area contributed by atoms with Crippen LogP contribution in [0.4, 0.5) is 0 Å². The highest BCUT2D eigenvalue weighted by molar-refractivity contribution is 5.96. The summed E-state index contributed by atoms with van der Waals surface area (Å²) in [4.78, 5) is 14.8. The largest absolute Gasteiger partial charge is 0.494 e. The Bertz CT molecular complexity index is 459. The van der Waals surface area contributed by atoms with Crippen LogP contribution in [0.15, 0.2) is 24.3 Å². The summed E-state index contributed by atoms with van der Waals surface area (Å²) in [6.07, 6.45) is 5.41. The Morgan fingerprint density at radius 3 is 2.41 bits per heavy atom. The highest BCUT2D eigenvalue weighted by Gasteiger charge is 2.24. The summed E-state index contributed by atoms with van der Waals surface area (Å²) in [5.41, 5.74) is 0.793. The number of Topliss-reactive ketones (excluding diaryl/α,β-unsaturated/α-hetero) is 1. The number of carbonyl (C=O) groups excluding carboxylic acids is 1. The van der Waals surface area contributed by atoms with Crippen molar-refractivity contribution < 1.29 is 9.53 Å². The van der Waals surface area contributed by atoms with Crippen LogP contribution in [-0.4, -0.2) is 35.9 Å². The third kappa shape index (κ3) is 4.57. The van der Waals surface area contributed by atoms with Gasteiger partial charge in [0, 0.05) is 30.6 Å². The second kappa shape index (κ2) is 8.33. The number of ether oxygens (including phenoxy) is 1. The molecule has 1 fully saturated rings. The molecule has 0 spiro atoms. The molecule has 0 aliphatic carbocycles. The van der Waals surface area contributed by atoms with Gasteiger partial charge in [0.2, 0.25) is 0 Å². The first-order chi connectivity index (χ1) is 10.6. The van der Waals surface area contributed by atoms with E-state index in [2.05, 4.69) is 25.7 Å². The maximum atomic E-state index is 12.4. The van der Waals surface area contributed by atoms with Crippen LogP contribution in [0.5, 0.6) is 5.75 Å². The second-order valence-corrected chi connectivity index (χ2v) is 6.41. The second-order valence-electron chi connectivity index (χ2n) is 6.41. The third-order valence-corrected chi connectivity index (χ3v) is 4.62.